The van der Waals surface area contributed by atoms with Gasteiger partial charge in [-0.1, -0.05) is 53.2 Å². The molecule has 116 valence electrons. The van der Waals surface area contributed by atoms with Gasteiger partial charge in [-0.3, -0.25) is 0 Å². The lowest BCUT2D eigenvalue weighted by Crippen LogP contribution is -1.84. The highest BCUT2D eigenvalue weighted by Crippen LogP contribution is 2.29. The molecule has 23 heavy (non-hydrogen) atoms. The molecule has 0 radical (unpaired) electrons. The van der Waals surface area contributed by atoms with Crippen molar-refractivity contribution in [1.29, 1.82) is 0 Å². The molecule has 0 aliphatic heterocycles. The summed E-state index contributed by atoms with van der Waals surface area (Å²) in [7, 11) is 1.49. The summed E-state index contributed by atoms with van der Waals surface area (Å²) in [6.45, 7) is 0. The van der Waals surface area contributed by atoms with Crippen LogP contribution >= 0.6 is 11.6 Å². The Balaban J connectivity index is 1.87. The van der Waals surface area contributed by atoms with Crippen LogP contribution in [0.2, 0.25) is 0 Å². The summed E-state index contributed by atoms with van der Waals surface area (Å²) in [5.74, 6) is 1.09. The number of methoxy groups -OCH3 is 1. The first-order chi connectivity index (χ1) is 11.2. The van der Waals surface area contributed by atoms with E-state index in [0.29, 0.717) is 17.1 Å². The molecule has 0 aliphatic rings. The summed E-state index contributed by atoms with van der Waals surface area (Å²) < 4.78 is 10.2. The first kappa shape index (κ1) is 15.1. The number of aromatic hydroxyl groups is 1. The number of nitrogens with zero attached hydrogens (tertiary/aromatic N) is 2. The predicted octanol–water partition coefficient (Wildman–Crippen LogP) is 4.19. The molecule has 0 saturated carbocycles. The van der Waals surface area contributed by atoms with E-state index in [2.05, 4.69) is 10.1 Å². The van der Waals surface area contributed by atoms with Gasteiger partial charge in [-0.05, 0) is 23.8 Å². The maximum Gasteiger partial charge on any atom is 0.269 e. The van der Waals surface area contributed by atoms with E-state index in [1.165, 1.54) is 13.2 Å². The second-order valence-corrected chi connectivity index (χ2v) is 5.12. The van der Waals surface area contributed by atoms with E-state index in [9.17, 15) is 5.11 Å². The van der Waals surface area contributed by atoms with Crippen LogP contribution in [-0.2, 0) is 0 Å². The summed E-state index contributed by atoms with van der Waals surface area (Å²) in [6, 6.07) is 14.4. The van der Waals surface area contributed by atoms with E-state index in [4.69, 9.17) is 20.9 Å². The minimum atomic E-state index is 0.0289. The number of phenols is 1. The second-order valence-electron chi connectivity index (χ2n) is 4.71. The smallest absolute Gasteiger partial charge is 0.269 e. The third kappa shape index (κ3) is 3.35. The van der Waals surface area contributed by atoms with Gasteiger partial charge in [-0.2, -0.15) is 4.98 Å². The molecule has 0 saturated heterocycles. The van der Waals surface area contributed by atoms with Gasteiger partial charge in [0.1, 0.15) is 5.03 Å². The molecule has 0 aliphatic carbocycles. The van der Waals surface area contributed by atoms with Gasteiger partial charge in [-0.25, -0.2) is 0 Å². The van der Waals surface area contributed by atoms with E-state index in [1.807, 2.05) is 30.3 Å². The molecule has 2 aromatic carbocycles. The van der Waals surface area contributed by atoms with Crippen LogP contribution in [0.1, 0.15) is 11.5 Å². The molecule has 0 unspecified atom stereocenters. The zero-order valence-electron chi connectivity index (χ0n) is 12.2. The van der Waals surface area contributed by atoms with Crippen LogP contribution < -0.4 is 4.74 Å². The Kier molecular flexibility index (Phi) is 4.30. The van der Waals surface area contributed by atoms with Crippen LogP contribution in [0.5, 0.6) is 11.5 Å². The third-order valence-corrected chi connectivity index (χ3v) is 3.43. The monoisotopic (exact) mass is 328 g/mol. The van der Waals surface area contributed by atoms with E-state index >= 15 is 0 Å². The molecule has 0 fully saturated rings. The Labute approximate surface area is 137 Å². The maximum absolute atomic E-state index is 9.78. The highest BCUT2D eigenvalue weighted by Gasteiger charge is 2.11. The zero-order valence-corrected chi connectivity index (χ0v) is 13.0. The fraction of sp³-hybridized carbons (Fsp3) is 0.0588. The summed E-state index contributed by atoms with van der Waals surface area (Å²) >= 11 is 6.22. The van der Waals surface area contributed by atoms with E-state index in [-0.39, 0.29) is 16.7 Å². The number of ether oxygens (including phenoxy) is 1. The van der Waals surface area contributed by atoms with E-state index in [1.54, 1.807) is 18.2 Å². The van der Waals surface area contributed by atoms with Gasteiger partial charge in [0.05, 0.1) is 7.11 Å². The fourth-order valence-electron chi connectivity index (χ4n) is 2.03. The predicted molar refractivity (Wildman–Crippen MR) is 88.1 cm³/mol. The average molecular weight is 329 g/mol. The molecule has 0 amide bonds. The lowest BCUT2D eigenvalue weighted by atomic mass is 10.2. The van der Waals surface area contributed by atoms with Crippen molar-refractivity contribution in [2.24, 2.45) is 0 Å². The van der Waals surface area contributed by atoms with Gasteiger partial charge < -0.3 is 14.4 Å². The van der Waals surface area contributed by atoms with Crippen molar-refractivity contribution in [3.8, 4) is 22.9 Å². The number of phenolic OH excluding ortho intramolecular Hbond substituents is 1. The molecule has 0 bridgehead atoms. The Morgan fingerprint density at radius 3 is 2.70 bits per heavy atom. The summed E-state index contributed by atoms with van der Waals surface area (Å²) in [5, 5.41) is 14.0. The molecule has 6 heteroatoms. The number of aromatic nitrogens is 2. The third-order valence-electron chi connectivity index (χ3n) is 3.16. The van der Waals surface area contributed by atoms with Gasteiger partial charge in [0, 0.05) is 5.56 Å². The highest BCUT2D eigenvalue weighted by atomic mass is 35.5. The largest absolute Gasteiger partial charge is 0.504 e. The quantitative estimate of drug-likeness (QED) is 0.777. The molecule has 5 nitrogen and oxygen atoms in total. The topological polar surface area (TPSA) is 68.4 Å². The molecule has 1 aromatic heterocycles. The van der Waals surface area contributed by atoms with Crippen molar-refractivity contribution in [2.75, 3.05) is 7.11 Å². The Morgan fingerprint density at radius 1 is 1.22 bits per heavy atom. The van der Waals surface area contributed by atoms with Gasteiger partial charge in [0.2, 0.25) is 5.82 Å². The minimum Gasteiger partial charge on any atom is -0.504 e. The van der Waals surface area contributed by atoms with E-state index in [0.717, 1.165) is 5.56 Å². The minimum absolute atomic E-state index is 0.0289. The maximum atomic E-state index is 9.78. The molecule has 0 spiro atoms. The zero-order chi connectivity index (χ0) is 16.2. The number of halogens is 1. The average Bonchev–Trinajstić information content (AvgIpc) is 3.06. The van der Waals surface area contributed by atoms with Crippen molar-refractivity contribution in [3.05, 3.63) is 60.0 Å². The van der Waals surface area contributed by atoms with Gasteiger partial charge in [-0.15, -0.1) is 0 Å². The van der Waals surface area contributed by atoms with Crippen molar-refractivity contribution in [3.63, 3.8) is 0 Å². The Hall–Kier alpha value is -2.79. The lowest BCUT2D eigenvalue weighted by molar-refractivity contribution is 0.373. The Morgan fingerprint density at radius 2 is 2.00 bits per heavy atom. The van der Waals surface area contributed by atoms with Gasteiger partial charge >= 0.3 is 0 Å². The normalized spacial score (nSPS) is 11.5. The van der Waals surface area contributed by atoms with Crippen LogP contribution in [0.3, 0.4) is 0 Å². The number of rotatable bonds is 4. The number of benzene rings is 2. The molecular weight excluding hydrogens is 316 g/mol. The van der Waals surface area contributed by atoms with Crippen molar-refractivity contribution < 1.29 is 14.4 Å². The summed E-state index contributed by atoms with van der Waals surface area (Å²) in [4.78, 5) is 4.27. The first-order valence-corrected chi connectivity index (χ1v) is 7.19. The fourth-order valence-corrected chi connectivity index (χ4v) is 2.23. The number of hydrogen-bond acceptors (Lipinski definition) is 5. The van der Waals surface area contributed by atoms with Crippen molar-refractivity contribution in [2.45, 2.75) is 0 Å². The van der Waals surface area contributed by atoms with Crippen LogP contribution in [0.25, 0.3) is 22.5 Å². The van der Waals surface area contributed by atoms with Crippen LogP contribution in [-0.4, -0.2) is 22.4 Å². The summed E-state index contributed by atoms with van der Waals surface area (Å²) in [6.07, 6.45) is 1.63. The molecule has 3 aromatic rings. The molecular formula is C17H13ClN2O3. The first-order valence-electron chi connectivity index (χ1n) is 6.81. The van der Waals surface area contributed by atoms with E-state index < -0.39 is 0 Å². The molecule has 3 rings (SSSR count). The van der Waals surface area contributed by atoms with Crippen LogP contribution in [0, 0.1) is 0 Å². The number of hydrogen-bond donors (Lipinski definition) is 1. The SMILES string of the molecule is COc1ccc(/C=C(\Cl)c2nc(-c3ccccc3)no2)cc1O. The van der Waals surface area contributed by atoms with Crippen LogP contribution in [0.4, 0.5) is 0 Å². The highest BCUT2D eigenvalue weighted by molar-refractivity contribution is 6.50. The molecule has 1 N–H and O–H groups in total. The summed E-state index contributed by atoms with van der Waals surface area (Å²) in [5.41, 5.74) is 1.53. The van der Waals surface area contributed by atoms with Gasteiger partial charge in [0.25, 0.3) is 5.89 Å². The molecule has 1 heterocycles. The lowest BCUT2D eigenvalue weighted by Gasteiger charge is -2.03. The van der Waals surface area contributed by atoms with Crippen molar-refractivity contribution in [1.82, 2.24) is 10.1 Å². The van der Waals surface area contributed by atoms with Gasteiger partial charge in [0.15, 0.2) is 11.5 Å². The van der Waals surface area contributed by atoms with Crippen molar-refractivity contribution >= 4 is 22.7 Å². The Bertz CT molecular complexity index is 844. The molecule has 0 atom stereocenters. The standard InChI is InChI=1S/C17H13ClN2O3/c1-22-15-8-7-11(10-14(15)21)9-13(18)17-19-16(20-23-17)12-5-3-2-4-6-12/h2-10,21H,1H3/b13-9-. The second kappa shape index (κ2) is 6.54. The van der Waals surface area contributed by atoms with Crippen LogP contribution in [0.15, 0.2) is 53.1 Å².